The van der Waals surface area contributed by atoms with Gasteiger partial charge in [-0.25, -0.2) is 14.3 Å². The molecule has 0 aliphatic heterocycles. The number of aromatic nitrogens is 5. The highest BCUT2D eigenvalue weighted by Crippen LogP contribution is 2.31. The summed E-state index contributed by atoms with van der Waals surface area (Å²) in [5.74, 6) is 0.935. The summed E-state index contributed by atoms with van der Waals surface area (Å²) in [5.41, 5.74) is 1.91. The third-order valence-corrected chi connectivity index (χ3v) is 4.85. The standard InChI is InChI=1S/C23H23N7O4.ClH/c1-23(2,32)14-34-18-6-19(21-16(7-24)10-27-29(21)13-18)17-11-28-30(12-17)22(31)26-9-15-4-5-20(33-3)25-8-15;/h4-6,8,10-13,32H,9,14H2,1-3H3,(H,26,31);1H. The predicted molar refractivity (Wildman–Crippen MR) is 129 cm³/mol. The van der Waals surface area contributed by atoms with Crippen LogP contribution in [0.5, 0.6) is 11.6 Å². The number of amides is 1. The van der Waals surface area contributed by atoms with Gasteiger partial charge in [-0.2, -0.15) is 20.1 Å². The van der Waals surface area contributed by atoms with Crippen molar-refractivity contribution in [3.05, 3.63) is 60.3 Å². The summed E-state index contributed by atoms with van der Waals surface area (Å²) in [4.78, 5) is 16.7. The number of methoxy groups -OCH3 is 1. The van der Waals surface area contributed by atoms with Gasteiger partial charge in [0.25, 0.3) is 0 Å². The molecule has 0 bridgehead atoms. The van der Waals surface area contributed by atoms with Gasteiger partial charge in [-0.05, 0) is 25.5 Å². The number of carbonyl (C=O) groups is 1. The minimum absolute atomic E-state index is 0. The Hall–Kier alpha value is -4.14. The average molecular weight is 498 g/mol. The topological polar surface area (TPSA) is 140 Å². The molecule has 4 rings (SSSR count). The maximum Gasteiger partial charge on any atom is 0.342 e. The smallest absolute Gasteiger partial charge is 0.342 e. The third kappa shape index (κ3) is 5.87. The third-order valence-electron chi connectivity index (χ3n) is 4.85. The molecule has 4 heterocycles. The fraction of sp³-hybridized carbons (Fsp3) is 0.261. The number of hydrogen-bond acceptors (Lipinski definition) is 8. The summed E-state index contributed by atoms with van der Waals surface area (Å²) >= 11 is 0. The number of hydrogen-bond donors (Lipinski definition) is 2. The number of halogens is 1. The van der Waals surface area contributed by atoms with Gasteiger partial charge >= 0.3 is 6.03 Å². The van der Waals surface area contributed by atoms with Gasteiger partial charge in [0, 0.05) is 36.1 Å². The van der Waals surface area contributed by atoms with Crippen molar-refractivity contribution in [1.29, 1.82) is 5.26 Å². The van der Waals surface area contributed by atoms with Crippen LogP contribution in [-0.2, 0) is 6.54 Å². The zero-order valence-electron chi connectivity index (χ0n) is 19.3. The molecule has 11 nitrogen and oxygen atoms in total. The van der Waals surface area contributed by atoms with E-state index in [2.05, 4.69) is 26.6 Å². The van der Waals surface area contributed by atoms with E-state index in [1.807, 2.05) is 0 Å². The van der Waals surface area contributed by atoms with Crippen LogP contribution in [0.1, 0.15) is 25.0 Å². The maximum atomic E-state index is 12.6. The Labute approximate surface area is 207 Å². The van der Waals surface area contributed by atoms with Crippen molar-refractivity contribution < 1.29 is 19.4 Å². The largest absolute Gasteiger partial charge is 0.489 e. The van der Waals surface area contributed by atoms with Gasteiger partial charge in [0.2, 0.25) is 5.88 Å². The molecule has 35 heavy (non-hydrogen) atoms. The number of ether oxygens (including phenoxy) is 2. The lowest BCUT2D eigenvalue weighted by atomic mass is 10.1. The highest BCUT2D eigenvalue weighted by Gasteiger charge is 2.18. The SMILES string of the molecule is COc1ccc(CNC(=O)n2cc(-c3cc(OCC(C)(C)O)cn4ncc(C#N)c34)cn2)cn1.Cl. The zero-order valence-corrected chi connectivity index (χ0v) is 20.1. The van der Waals surface area contributed by atoms with E-state index >= 15 is 0 Å². The molecule has 0 unspecified atom stereocenters. The van der Waals surface area contributed by atoms with Crippen LogP contribution in [0.2, 0.25) is 0 Å². The van der Waals surface area contributed by atoms with Crippen molar-refractivity contribution in [3.63, 3.8) is 0 Å². The van der Waals surface area contributed by atoms with Crippen molar-refractivity contribution in [1.82, 2.24) is 29.7 Å². The molecule has 0 aliphatic rings. The van der Waals surface area contributed by atoms with Crippen molar-refractivity contribution >= 4 is 24.0 Å². The molecular weight excluding hydrogens is 474 g/mol. The van der Waals surface area contributed by atoms with Crippen molar-refractivity contribution in [3.8, 4) is 28.8 Å². The van der Waals surface area contributed by atoms with Crippen molar-refractivity contribution in [2.24, 2.45) is 0 Å². The van der Waals surface area contributed by atoms with E-state index in [1.165, 1.54) is 28.7 Å². The van der Waals surface area contributed by atoms with Gasteiger partial charge in [0.15, 0.2) is 0 Å². The summed E-state index contributed by atoms with van der Waals surface area (Å²) < 4.78 is 13.5. The summed E-state index contributed by atoms with van der Waals surface area (Å²) in [6.45, 7) is 3.60. The number of fused-ring (bicyclic) bond motifs is 1. The number of nitrogens with zero attached hydrogens (tertiary/aromatic N) is 6. The van der Waals surface area contributed by atoms with Gasteiger partial charge in [-0.15, -0.1) is 12.4 Å². The molecule has 12 heteroatoms. The van der Waals surface area contributed by atoms with Crippen LogP contribution < -0.4 is 14.8 Å². The van der Waals surface area contributed by atoms with E-state index in [0.29, 0.717) is 33.8 Å². The van der Waals surface area contributed by atoms with Gasteiger partial charge in [-0.1, -0.05) is 6.07 Å². The zero-order chi connectivity index (χ0) is 24.3. The summed E-state index contributed by atoms with van der Waals surface area (Å²) in [7, 11) is 1.53. The number of rotatable bonds is 7. The molecule has 2 N–H and O–H groups in total. The number of nitriles is 1. The molecule has 0 fully saturated rings. The van der Waals surface area contributed by atoms with E-state index in [1.54, 1.807) is 50.6 Å². The van der Waals surface area contributed by atoms with Crippen LogP contribution in [0.25, 0.3) is 16.6 Å². The minimum Gasteiger partial charge on any atom is -0.489 e. The highest BCUT2D eigenvalue weighted by molar-refractivity contribution is 5.86. The fourth-order valence-electron chi connectivity index (χ4n) is 3.21. The molecule has 0 spiro atoms. The van der Waals surface area contributed by atoms with Crippen LogP contribution in [0.4, 0.5) is 4.79 Å². The number of aliphatic hydroxyl groups is 1. The quantitative estimate of drug-likeness (QED) is 0.397. The molecule has 4 aromatic rings. The van der Waals surface area contributed by atoms with Crippen LogP contribution >= 0.6 is 12.4 Å². The van der Waals surface area contributed by atoms with Crippen LogP contribution in [-0.4, -0.2) is 54.8 Å². The lowest BCUT2D eigenvalue weighted by molar-refractivity contribution is 0.0283. The Bertz CT molecular complexity index is 1370. The molecule has 0 aliphatic carbocycles. The van der Waals surface area contributed by atoms with Crippen LogP contribution in [0.3, 0.4) is 0 Å². The van der Waals surface area contributed by atoms with E-state index in [-0.39, 0.29) is 25.6 Å². The van der Waals surface area contributed by atoms with Gasteiger partial charge < -0.3 is 19.9 Å². The van der Waals surface area contributed by atoms with Crippen molar-refractivity contribution in [2.75, 3.05) is 13.7 Å². The Morgan fingerprint density at radius 3 is 2.69 bits per heavy atom. The molecule has 0 aromatic carbocycles. The maximum absolute atomic E-state index is 12.6. The molecular formula is C23H24ClN7O4. The van der Waals surface area contributed by atoms with E-state index in [9.17, 15) is 15.2 Å². The summed E-state index contributed by atoms with van der Waals surface area (Å²) in [6.07, 6.45) is 7.79. The first-order valence-corrected chi connectivity index (χ1v) is 10.4. The second kappa shape index (κ2) is 10.4. The lowest BCUT2D eigenvalue weighted by Crippen LogP contribution is -2.28. The second-order valence-corrected chi connectivity index (χ2v) is 8.19. The number of pyridine rings is 2. The minimum atomic E-state index is -1.03. The lowest BCUT2D eigenvalue weighted by Gasteiger charge is -2.18. The first-order valence-electron chi connectivity index (χ1n) is 10.4. The van der Waals surface area contributed by atoms with E-state index in [0.717, 1.165) is 5.56 Å². The molecule has 182 valence electrons. The summed E-state index contributed by atoms with van der Waals surface area (Å²) in [5, 5.41) is 30.7. The Morgan fingerprint density at radius 1 is 1.23 bits per heavy atom. The summed E-state index contributed by atoms with van der Waals surface area (Å²) in [6, 6.07) is 6.94. The van der Waals surface area contributed by atoms with Crippen LogP contribution in [0, 0.1) is 11.3 Å². The Kier molecular flexibility index (Phi) is 7.58. The normalized spacial score (nSPS) is 10.9. The van der Waals surface area contributed by atoms with E-state index < -0.39 is 11.6 Å². The number of nitrogens with one attached hydrogen (secondary N) is 1. The van der Waals surface area contributed by atoms with Crippen LogP contribution in [0.15, 0.2) is 49.2 Å². The van der Waals surface area contributed by atoms with Gasteiger partial charge in [-0.3, -0.25) is 0 Å². The van der Waals surface area contributed by atoms with Crippen molar-refractivity contribution in [2.45, 2.75) is 26.0 Å². The fourth-order valence-corrected chi connectivity index (χ4v) is 3.21. The molecule has 1 amide bonds. The Balaban J connectivity index is 0.00000342. The predicted octanol–water partition coefficient (Wildman–Crippen LogP) is 2.80. The van der Waals surface area contributed by atoms with Gasteiger partial charge in [0.1, 0.15) is 18.4 Å². The molecule has 0 atom stereocenters. The highest BCUT2D eigenvalue weighted by atomic mass is 35.5. The monoisotopic (exact) mass is 497 g/mol. The van der Waals surface area contributed by atoms with E-state index in [4.69, 9.17) is 9.47 Å². The molecule has 0 saturated heterocycles. The van der Waals surface area contributed by atoms with Gasteiger partial charge in [0.05, 0.1) is 42.4 Å². The molecule has 4 aromatic heterocycles. The Morgan fingerprint density at radius 2 is 2.03 bits per heavy atom. The first-order chi connectivity index (χ1) is 16.3. The average Bonchev–Trinajstić information content (AvgIpc) is 3.48. The number of carbonyl (C=O) groups excluding carboxylic acids is 1. The second-order valence-electron chi connectivity index (χ2n) is 8.19. The first kappa shape index (κ1) is 25.5. The molecule has 0 radical (unpaired) electrons. The molecule has 0 saturated carbocycles.